The molecule has 19 heavy (non-hydrogen) atoms. The highest BCUT2D eigenvalue weighted by Crippen LogP contribution is 2.30. The number of nitrogens with zero attached hydrogens (tertiary/aromatic N) is 3. The van der Waals surface area contributed by atoms with E-state index in [1.54, 1.807) is 11.6 Å². The number of rotatable bonds is 3. The predicted molar refractivity (Wildman–Crippen MR) is 69.2 cm³/mol. The molecule has 8 heteroatoms. The summed E-state index contributed by atoms with van der Waals surface area (Å²) in [6.45, 7) is 0. The molecule has 1 aromatic carbocycles. The van der Waals surface area contributed by atoms with Gasteiger partial charge in [0, 0.05) is 7.05 Å². The van der Waals surface area contributed by atoms with Crippen molar-refractivity contribution < 1.29 is 10.4 Å². The lowest BCUT2D eigenvalue weighted by Crippen LogP contribution is -2.99. The Morgan fingerprint density at radius 1 is 1.42 bits per heavy atom. The number of nitrogens with one attached hydrogen (secondary N) is 2. The van der Waals surface area contributed by atoms with Crippen LogP contribution in [0.5, 0.6) is 0 Å². The Labute approximate surface area is 112 Å². The number of hydrogen-bond donors (Lipinski definition) is 3. The van der Waals surface area contributed by atoms with E-state index in [4.69, 9.17) is 5.21 Å². The second kappa shape index (κ2) is 4.67. The van der Waals surface area contributed by atoms with Gasteiger partial charge < -0.3 is 14.8 Å². The molecule has 0 aliphatic rings. The second-order valence-electron chi connectivity index (χ2n) is 3.98. The fourth-order valence-electron chi connectivity index (χ4n) is 1.76. The number of hydrogen-bond acceptors (Lipinski definition) is 5. The maximum atomic E-state index is 11.1. The van der Waals surface area contributed by atoms with Crippen LogP contribution in [0.4, 0.5) is 5.82 Å². The van der Waals surface area contributed by atoms with Crippen LogP contribution in [0.1, 0.15) is 0 Å². The predicted octanol–water partition coefficient (Wildman–Crippen LogP) is 0.851. The smallest absolute Gasteiger partial charge is 0.291 e. The first-order valence-corrected chi connectivity index (χ1v) is 6.34. The van der Waals surface area contributed by atoms with Gasteiger partial charge in [-0.1, -0.05) is 12.1 Å². The van der Waals surface area contributed by atoms with Gasteiger partial charge in [-0.2, -0.15) is 10.2 Å². The molecular weight excluding hydrogens is 266 g/mol. The molecule has 3 N–H and O–H groups in total. The average Bonchev–Trinajstić information content (AvgIpc) is 2.94. The quantitative estimate of drug-likeness (QED) is 0.617. The first-order chi connectivity index (χ1) is 9.15. The van der Waals surface area contributed by atoms with Crippen LogP contribution in [-0.2, 0) is 7.05 Å². The molecule has 0 spiro atoms. The molecule has 3 aromatic rings. The van der Waals surface area contributed by atoms with Gasteiger partial charge in [-0.25, -0.2) is 10.2 Å². The van der Waals surface area contributed by atoms with Gasteiger partial charge in [0.15, 0.2) is 10.2 Å². The van der Waals surface area contributed by atoms with Gasteiger partial charge >= 0.3 is 0 Å². The van der Waals surface area contributed by atoms with Crippen molar-refractivity contribution >= 4 is 28.6 Å². The molecule has 0 aliphatic heterocycles. The van der Waals surface area contributed by atoms with E-state index in [0.29, 0.717) is 10.2 Å². The van der Waals surface area contributed by atoms with Crippen LogP contribution >= 0.6 is 11.8 Å². The fraction of sp³-hybridized carbons (Fsp3) is 0.0909. The zero-order valence-corrected chi connectivity index (χ0v) is 10.8. The molecule has 1 unspecified atom stereocenters. The maximum Gasteiger partial charge on any atom is 0.291 e. The van der Waals surface area contributed by atoms with E-state index in [9.17, 15) is 5.21 Å². The van der Waals surface area contributed by atoms with Crippen LogP contribution in [0.15, 0.2) is 40.8 Å². The molecule has 2 heterocycles. The van der Waals surface area contributed by atoms with Gasteiger partial charge in [0.25, 0.3) is 5.82 Å². The van der Waals surface area contributed by atoms with Crippen molar-refractivity contribution in [2.45, 2.75) is 10.2 Å². The van der Waals surface area contributed by atoms with E-state index >= 15 is 0 Å². The minimum Gasteiger partial charge on any atom is -0.594 e. The molecule has 0 bridgehead atoms. The van der Waals surface area contributed by atoms with Crippen molar-refractivity contribution in [3.05, 3.63) is 35.8 Å². The average molecular weight is 277 g/mol. The number of para-hydroxylation sites is 2. The van der Waals surface area contributed by atoms with Crippen LogP contribution in [-0.4, -0.2) is 24.7 Å². The van der Waals surface area contributed by atoms with Crippen molar-refractivity contribution in [2.75, 3.05) is 0 Å². The molecule has 0 saturated carbocycles. The number of aryl methyl sites for hydroxylation is 1. The van der Waals surface area contributed by atoms with Crippen molar-refractivity contribution in [2.24, 2.45) is 7.05 Å². The Morgan fingerprint density at radius 2 is 2.21 bits per heavy atom. The fourth-order valence-corrected chi connectivity index (χ4v) is 2.67. The molecular formula is C11H11N5O2S. The van der Waals surface area contributed by atoms with E-state index in [2.05, 4.69) is 15.0 Å². The van der Waals surface area contributed by atoms with Crippen LogP contribution in [0.3, 0.4) is 0 Å². The van der Waals surface area contributed by atoms with Gasteiger partial charge in [0.05, 0.1) is 11.0 Å². The number of imidazole rings is 2. The second-order valence-corrected chi connectivity index (χ2v) is 4.95. The van der Waals surface area contributed by atoms with E-state index < -0.39 is 5.23 Å². The van der Waals surface area contributed by atoms with E-state index in [-0.39, 0.29) is 5.82 Å². The van der Waals surface area contributed by atoms with Crippen LogP contribution in [0.25, 0.3) is 11.0 Å². The topological polar surface area (TPSA) is 94.2 Å². The van der Waals surface area contributed by atoms with Crippen LogP contribution in [0, 0.1) is 5.21 Å². The molecule has 0 radical (unpaired) electrons. The molecule has 0 aliphatic carbocycles. The third-order valence-corrected chi connectivity index (χ3v) is 3.71. The zero-order chi connectivity index (χ0) is 13.4. The lowest BCUT2D eigenvalue weighted by molar-refractivity contribution is -0.994. The third kappa shape index (κ3) is 2.22. The molecule has 0 amide bonds. The summed E-state index contributed by atoms with van der Waals surface area (Å²) >= 11 is 1.25. The Kier molecular flexibility index (Phi) is 2.99. The number of quaternary nitrogens is 1. The summed E-state index contributed by atoms with van der Waals surface area (Å²) in [5.41, 5.74) is 1.77. The van der Waals surface area contributed by atoms with Gasteiger partial charge in [-0.05, 0) is 23.9 Å². The van der Waals surface area contributed by atoms with Crippen LogP contribution in [0.2, 0.25) is 0 Å². The molecule has 0 saturated heterocycles. The summed E-state index contributed by atoms with van der Waals surface area (Å²) in [6.07, 6.45) is 1.48. The van der Waals surface area contributed by atoms with Gasteiger partial charge in [0.2, 0.25) is 0 Å². The Hall–Kier alpha value is -1.87. The number of aromatic amines is 1. The molecule has 1 atom stereocenters. The summed E-state index contributed by atoms with van der Waals surface area (Å²) in [6, 6.07) is 7.65. The third-order valence-electron chi connectivity index (χ3n) is 2.65. The molecule has 2 aromatic heterocycles. The lowest BCUT2D eigenvalue weighted by atomic mass is 10.3. The van der Waals surface area contributed by atoms with Crippen molar-refractivity contribution in [1.82, 2.24) is 19.5 Å². The number of fused-ring (bicyclic) bond motifs is 1. The lowest BCUT2D eigenvalue weighted by Gasteiger charge is -2.09. The Balaban J connectivity index is 1.98. The van der Waals surface area contributed by atoms with Gasteiger partial charge in [-0.15, -0.1) is 0 Å². The summed E-state index contributed by atoms with van der Waals surface area (Å²) in [4.78, 5) is 11.4. The SMILES string of the molecule is Cn1cnc([NH+]([O-])O)c1Sc1nc2ccccc2[nH]1. The normalized spacial score (nSPS) is 13.0. The highest BCUT2D eigenvalue weighted by Gasteiger charge is 2.18. The van der Waals surface area contributed by atoms with Crippen molar-refractivity contribution in [1.29, 1.82) is 0 Å². The highest BCUT2D eigenvalue weighted by molar-refractivity contribution is 7.99. The van der Waals surface area contributed by atoms with Gasteiger partial charge in [0.1, 0.15) is 6.33 Å². The van der Waals surface area contributed by atoms with Crippen LogP contribution < -0.4 is 5.23 Å². The molecule has 7 nitrogen and oxygen atoms in total. The summed E-state index contributed by atoms with van der Waals surface area (Å²) in [5, 5.41) is 20.3. The number of aromatic nitrogens is 4. The first kappa shape index (κ1) is 12.2. The Morgan fingerprint density at radius 3 is 2.95 bits per heavy atom. The number of benzene rings is 1. The largest absolute Gasteiger partial charge is 0.594 e. The maximum absolute atomic E-state index is 11.1. The highest BCUT2D eigenvalue weighted by atomic mass is 32.2. The molecule has 3 rings (SSSR count). The summed E-state index contributed by atoms with van der Waals surface area (Å²) < 4.78 is 1.67. The number of H-pyrrole nitrogens is 1. The Bertz CT molecular complexity index is 688. The molecule has 0 fully saturated rings. The summed E-state index contributed by atoms with van der Waals surface area (Å²) in [5.74, 6) is 0.0351. The van der Waals surface area contributed by atoms with E-state index in [0.717, 1.165) is 11.0 Å². The minimum absolute atomic E-state index is 0.0351. The van der Waals surface area contributed by atoms with Gasteiger partial charge in [-0.3, -0.25) is 0 Å². The van der Waals surface area contributed by atoms with E-state index in [1.165, 1.54) is 18.1 Å². The first-order valence-electron chi connectivity index (χ1n) is 5.52. The minimum atomic E-state index is -1.04. The molecule has 98 valence electrons. The zero-order valence-electron chi connectivity index (χ0n) is 9.99. The van der Waals surface area contributed by atoms with Crippen molar-refractivity contribution in [3.8, 4) is 0 Å². The van der Waals surface area contributed by atoms with E-state index in [1.807, 2.05) is 24.3 Å². The summed E-state index contributed by atoms with van der Waals surface area (Å²) in [7, 11) is 1.75. The standard InChI is InChI=1S/C11H11N5O2S/c1-15-6-12-9(16(17)18)10(15)19-11-13-7-4-2-3-5-8(7)14-11/h2-6,16-17H,1H3,(H,13,14). The van der Waals surface area contributed by atoms with Crippen molar-refractivity contribution in [3.63, 3.8) is 0 Å². The monoisotopic (exact) mass is 277 g/mol.